The first kappa shape index (κ1) is 24.7. The quantitative estimate of drug-likeness (QED) is 0.365. The van der Waals surface area contributed by atoms with Crippen molar-refractivity contribution in [3.8, 4) is 17.3 Å². The van der Waals surface area contributed by atoms with Gasteiger partial charge in [-0.05, 0) is 56.6 Å². The number of halogens is 1. The van der Waals surface area contributed by atoms with E-state index in [0.717, 1.165) is 48.7 Å². The number of nitrogens with zero attached hydrogens (tertiary/aromatic N) is 4. The lowest BCUT2D eigenvalue weighted by atomic mass is 9.53. The van der Waals surface area contributed by atoms with Gasteiger partial charge in [0.1, 0.15) is 12.8 Å². The zero-order valence-electron chi connectivity index (χ0n) is 22.1. The van der Waals surface area contributed by atoms with Gasteiger partial charge in [-0.1, -0.05) is 45.0 Å². The minimum atomic E-state index is -0.705. The summed E-state index contributed by atoms with van der Waals surface area (Å²) in [5, 5.41) is 0.838. The Kier molecular flexibility index (Phi) is 5.82. The first-order valence-corrected chi connectivity index (χ1v) is 13.4. The van der Waals surface area contributed by atoms with Gasteiger partial charge in [-0.2, -0.15) is 4.98 Å². The van der Waals surface area contributed by atoms with Gasteiger partial charge in [0.2, 0.25) is 11.6 Å². The van der Waals surface area contributed by atoms with E-state index in [1.54, 1.807) is 6.07 Å². The van der Waals surface area contributed by atoms with Gasteiger partial charge in [0.25, 0.3) is 0 Å². The van der Waals surface area contributed by atoms with Crippen LogP contribution in [0.1, 0.15) is 69.8 Å². The summed E-state index contributed by atoms with van der Waals surface area (Å²) >= 11 is 0. The number of carbonyl (C=O) groups is 1. The van der Waals surface area contributed by atoms with Crippen molar-refractivity contribution in [2.75, 3.05) is 0 Å². The predicted octanol–water partition coefficient (Wildman–Crippen LogP) is 6.71. The highest BCUT2D eigenvalue weighted by atomic mass is 19.1. The summed E-state index contributed by atoms with van der Waals surface area (Å²) in [6, 6.07) is 9.34. The number of pyridine rings is 1. The van der Waals surface area contributed by atoms with E-state index in [9.17, 15) is 9.18 Å². The molecule has 2 heterocycles. The molecule has 6 nitrogen and oxygen atoms in total. The third kappa shape index (κ3) is 3.73. The number of benzene rings is 1. The second-order valence-corrected chi connectivity index (χ2v) is 11.6. The van der Waals surface area contributed by atoms with Crippen LogP contribution in [0.15, 0.2) is 42.1 Å². The topological polar surface area (TPSA) is 69.3 Å². The minimum Gasteiger partial charge on any atom is -0.474 e. The lowest BCUT2D eigenvalue weighted by Gasteiger charge is -2.50. The highest BCUT2D eigenvalue weighted by Gasteiger charge is 2.55. The molecule has 3 aliphatic rings. The Labute approximate surface area is 222 Å². The Morgan fingerprint density at radius 3 is 2.61 bits per heavy atom. The van der Waals surface area contributed by atoms with Crippen LogP contribution in [0, 0.1) is 17.9 Å². The Bertz CT molecular complexity index is 1530. The number of fused-ring (bicyclic) bond motifs is 4. The van der Waals surface area contributed by atoms with Crippen molar-refractivity contribution >= 4 is 16.7 Å². The van der Waals surface area contributed by atoms with Gasteiger partial charge in [-0.25, -0.2) is 19.2 Å². The average Bonchev–Trinajstić information content (AvgIpc) is 3.43. The molecule has 0 aliphatic heterocycles. The minimum absolute atomic E-state index is 0.0295. The summed E-state index contributed by atoms with van der Waals surface area (Å²) in [4.78, 5) is 31.4. The maximum atomic E-state index is 13.9. The molecule has 1 fully saturated rings. The molecule has 194 valence electrons. The number of aromatic nitrogens is 3. The van der Waals surface area contributed by atoms with Crippen LogP contribution in [-0.2, 0) is 23.3 Å². The Morgan fingerprint density at radius 2 is 1.87 bits per heavy atom. The Balaban J connectivity index is 1.62. The molecule has 1 saturated carbocycles. The van der Waals surface area contributed by atoms with Crippen LogP contribution in [0.3, 0.4) is 0 Å². The fourth-order valence-corrected chi connectivity index (χ4v) is 6.95. The zero-order valence-corrected chi connectivity index (χ0v) is 22.1. The van der Waals surface area contributed by atoms with Crippen molar-refractivity contribution in [3.05, 3.63) is 70.5 Å². The van der Waals surface area contributed by atoms with Gasteiger partial charge in [-0.3, -0.25) is 0 Å². The standard InChI is InChI=1S/C31H31FN4O2/c1-30(2)25-14-13-21-26(31(25,3)16-24(33-4)27(30)37)35-28(36-29(21)38-19-9-5-6-10-19)22-15-18(17-32)34-23-12-8-7-11-20(22)23/h7-8,11-12,15-16,19,25H,5-6,9-10,13-14,17H2,1-3H3/t25-,31-/m1/s1. The first-order chi connectivity index (χ1) is 18.3. The van der Waals surface area contributed by atoms with Crippen LogP contribution < -0.4 is 4.74 Å². The van der Waals surface area contributed by atoms with E-state index in [1.165, 1.54) is 0 Å². The van der Waals surface area contributed by atoms with Crippen molar-refractivity contribution < 1.29 is 13.9 Å². The predicted molar refractivity (Wildman–Crippen MR) is 143 cm³/mol. The van der Waals surface area contributed by atoms with Crippen molar-refractivity contribution in [1.29, 1.82) is 0 Å². The van der Waals surface area contributed by atoms with E-state index in [1.807, 2.05) is 44.2 Å². The summed E-state index contributed by atoms with van der Waals surface area (Å²) in [5.74, 6) is 0.896. The maximum Gasteiger partial charge on any atom is 0.226 e. The number of hydrogen-bond donors (Lipinski definition) is 0. The van der Waals surface area contributed by atoms with Crippen molar-refractivity contribution in [1.82, 2.24) is 15.0 Å². The van der Waals surface area contributed by atoms with Crippen molar-refractivity contribution in [2.45, 2.75) is 77.5 Å². The summed E-state index contributed by atoms with van der Waals surface area (Å²) in [6.07, 6.45) is 7.63. The molecule has 0 spiro atoms. The molecule has 2 atom stereocenters. The van der Waals surface area contributed by atoms with Crippen molar-refractivity contribution in [2.24, 2.45) is 11.3 Å². The van der Waals surface area contributed by atoms with Crippen LogP contribution in [-0.4, -0.2) is 26.8 Å². The number of Topliss-reactive ketones (excluding diaryl/α,β-unsaturated/α-hetero) is 1. The number of carbonyl (C=O) groups excluding carboxylic acids is 1. The molecule has 3 aliphatic carbocycles. The van der Waals surface area contributed by atoms with E-state index in [2.05, 4.69) is 16.8 Å². The fraction of sp³-hybridized carbons (Fsp3) is 0.452. The third-order valence-electron chi connectivity index (χ3n) is 8.86. The smallest absolute Gasteiger partial charge is 0.226 e. The lowest BCUT2D eigenvalue weighted by Crippen LogP contribution is -2.51. The molecule has 2 aromatic heterocycles. The zero-order chi connectivity index (χ0) is 26.7. The van der Waals surface area contributed by atoms with Gasteiger partial charge < -0.3 is 9.53 Å². The normalized spacial score (nSPS) is 24.4. The Morgan fingerprint density at radius 1 is 1.11 bits per heavy atom. The Hall–Kier alpha value is -3.66. The number of ether oxygens (including phenoxy) is 1. The monoisotopic (exact) mass is 510 g/mol. The maximum absolute atomic E-state index is 13.9. The molecule has 6 rings (SSSR count). The second-order valence-electron chi connectivity index (χ2n) is 11.6. The number of allylic oxidation sites excluding steroid dienone is 2. The molecule has 1 aromatic carbocycles. The number of para-hydroxylation sites is 1. The summed E-state index contributed by atoms with van der Waals surface area (Å²) in [7, 11) is 0. The van der Waals surface area contributed by atoms with E-state index in [-0.39, 0.29) is 23.5 Å². The largest absolute Gasteiger partial charge is 0.474 e. The molecule has 38 heavy (non-hydrogen) atoms. The van der Waals surface area contributed by atoms with Crippen LogP contribution >= 0.6 is 0 Å². The van der Waals surface area contributed by atoms with E-state index in [4.69, 9.17) is 21.3 Å². The van der Waals surface area contributed by atoms with Gasteiger partial charge in [0.15, 0.2) is 11.6 Å². The molecule has 0 amide bonds. The van der Waals surface area contributed by atoms with E-state index < -0.39 is 17.5 Å². The second kappa shape index (κ2) is 8.97. The molecular weight excluding hydrogens is 479 g/mol. The van der Waals surface area contributed by atoms with Crippen LogP contribution in [0.25, 0.3) is 27.1 Å². The van der Waals surface area contributed by atoms with Gasteiger partial charge in [-0.15, -0.1) is 0 Å². The summed E-state index contributed by atoms with van der Waals surface area (Å²) < 4.78 is 20.4. The van der Waals surface area contributed by atoms with Gasteiger partial charge in [0.05, 0.1) is 23.5 Å². The van der Waals surface area contributed by atoms with E-state index >= 15 is 0 Å². The van der Waals surface area contributed by atoms with E-state index in [0.29, 0.717) is 34.9 Å². The molecule has 0 saturated heterocycles. The average molecular weight is 511 g/mol. The fourth-order valence-electron chi connectivity index (χ4n) is 6.95. The number of ketones is 1. The molecule has 7 heteroatoms. The number of rotatable bonds is 4. The van der Waals surface area contributed by atoms with Crippen molar-refractivity contribution in [3.63, 3.8) is 0 Å². The highest BCUT2D eigenvalue weighted by molar-refractivity contribution is 6.02. The first-order valence-electron chi connectivity index (χ1n) is 13.4. The highest BCUT2D eigenvalue weighted by Crippen LogP contribution is 2.55. The number of alkyl halides is 1. The molecule has 0 bridgehead atoms. The van der Waals surface area contributed by atoms with Crippen LogP contribution in [0.5, 0.6) is 5.88 Å². The molecule has 0 radical (unpaired) electrons. The van der Waals surface area contributed by atoms with Crippen LogP contribution in [0.4, 0.5) is 4.39 Å². The van der Waals surface area contributed by atoms with Crippen LogP contribution in [0.2, 0.25) is 0 Å². The molecule has 3 aromatic rings. The van der Waals surface area contributed by atoms with Gasteiger partial charge >= 0.3 is 0 Å². The summed E-state index contributed by atoms with van der Waals surface area (Å²) in [6.45, 7) is 13.0. The molecular formula is C31H31FN4O2. The lowest BCUT2D eigenvalue weighted by molar-refractivity contribution is -0.128. The SMILES string of the molecule is [C-]#[N+]C1=C[C@@]2(C)c3nc(-c4cc(CF)nc5ccccc45)nc(OC4CCCC4)c3CC[C@@H]2C(C)(C)C1=O. The number of hydrogen-bond acceptors (Lipinski definition) is 5. The third-order valence-corrected chi connectivity index (χ3v) is 8.86. The van der Waals surface area contributed by atoms with Gasteiger partial charge in [0, 0.05) is 27.3 Å². The molecule has 0 unspecified atom stereocenters. The molecule has 0 N–H and O–H groups in total. The summed E-state index contributed by atoms with van der Waals surface area (Å²) in [5.41, 5.74) is 2.27.